The van der Waals surface area contributed by atoms with Gasteiger partial charge in [0.25, 0.3) is 0 Å². The van der Waals surface area contributed by atoms with E-state index >= 15 is 0 Å². The number of hydrogen-bond donors (Lipinski definition) is 0. The molecule has 0 aromatic carbocycles. The third-order valence-corrected chi connectivity index (χ3v) is 2.39. The summed E-state index contributed by atoms with van der Waals surface area (Å²) in [5.74, 6) is 0.201. The molecule has 3 heteroatoms. The van der Waals surface area contributed by atoms with Crippen molar-refractivity contribution in [1.82, 2.24) is 10.2 Å². The lowest BCUT2D eigenvalue weighted by Gasteiger charge is -2.05. The molecule has 1 heterocycles. The molecule has 82 valence electrons. The number of nitrogens with zero attached hydrogens (tertiary/aromatic N) is 2. The molecule has 0 fully saturated rings. The molecular formula is C12H18N2O. The Kier molecular flexibility index (Phi) is 4.40. The van der Waals surface area contributed by atoms with Crippen LogP contribution < -0.4 is 0 Å². The van der Waals surface area contributed by atoms with E-state index in [-0.39, 0.29) is 5.78 Å². The molecule has 0 aliphatic heterocycles. The molecule has 0 saturated carbocycles. The van der Waals surface area contributed by atoms with Gasteiger partial charge < -0.3 is 0 Å². The number of carbonyl (C=O) groups excluding carboxylic acids is 1. The van der Waals surface area contributed by atoms with Crippen LogP contribution in [0.1, 0.15) is 54.9 Å². The molecule has 3 nitrogen and oxygen atoms in total. The molecule has 0 unspecified atom stereocenters. The maximum atomic E-state index is 11.9. The van der Waals surface area contributed by atoms with Crippen molar-refractivity contribution in [3.05, 3.63) is 23.0 Å². The summed E-state index contributed by atoms with van der Waals surface area (Å²) >= 11 is 0. The Labute approximate surface area is 90.9 Å². The van der Waals surface area contributed by atoms with Crippen molar-refractivity contribution in [2.24, 2.45) is 0 Å². The van der Waals surface area contributed by atoms with E-state index in [9.17, 15) is 4.79 Å². The first-order valence-corrected chi connectivity index (χ1v) is 5.55. The Morgan fingerprint density at radius 2 is 2.07 bits per heavy atom. The molecule has 0 amide bonds. The van der Waals surface area contributed by atoms with E-state index in [1.807, 2.05) is 19.9 Å². The van der Waals surface area contributed by atoms with Crippen LogP contribution in [0.5, 0.6) is 0 Å². The smallest absolute Gasteiger partial charge is 0.164 e. The monoisotopic (exact) mass is 206 g/mol. The molecular weight excluding hydrogens is 188 g/mol. The Balaban J connectivity index is 2.90. The molecule has 0 atom stereocenters. The van der Waals surface area contributed by atoms with Crippen LogP contribution in [0.2, 0.25) is 0 Å². The lowest BCUT2D eigenvalue weighted by molar-refractivity contribution is 0.0978. The van der Waals surface area contributed by atoms with Crippen LogP contribution in [0, 0.1) is 6.92 Å². The average molecular weight is 206 g/mol. The number of ketones is 1. The van der Waals surface area contributed by atoms with Crippen molar-refractivity contribution in [2.45, 2.75) is 46.5 Å². The van der Waals surface area contributed by atoms with Crippen LogP contribution in [-0.2, 0) is 6.42 Å². The normalized spacial score (nSPS) is 10.3. The van der Waals surface area contributed by atoms with E-state index in [0.29, 0.717) is 6.42 Å². The van der Waals surface area contributed by atoms with Crippen LogP contribution in [-0.4, -0.2) is 16.0 Å². The number of aryl methyl sites for hydroxylation is 2. The molecule has 0 spiro atoms. The van der Waals surface area contributed by atoms with Crippen molar-refractivity contribution < 1.29 is 4.79 Å². The fourth-order valence-corrected chi connectivity index (χ4v) is 1.49. The van der Waals surface area contributed by atoms with Gasteiger partial charge in [0.1, 0.15) is 0 Å². The summed E-state index contributed by atoms with van der Waals surface area (Å²) in [6, 6.07) is 1.85. The fraction of sp³-hybridized carbons (Fsp3) is 0.583. The van der Waals surface area contributed by atoms with Crippen molar-refractivity contribution >= 4 is 5.78 Å². The number of aromatic nitrogens is 2. The third kappa shape index (κ3) is 3.11. The Morgan fingerprint density at radius 3 is 2.67 bits per heavy atom. The Hall–Kier alpha value is -1.25. The first kappa shape index (κ1) is 11.8. The van der Waals surface area contributed by atoms with Crippen LogP contribution in [0.15, 0.2) is 6.07 Å². The van der Waals surface area contributed by atoms with Crippen LogP contribution >= 0.6 is 0 Å². The van der Waals surface area contributed by atoms with Gasteiger partial charge >= 0.3 is 0 Å². The van der Waals surface area contributed by atoms with Crippen LogP contribution in [0.3, 0.4) is 0 Å². The topological polar surface area (TPSA) is 42.9 Å². The van der Waals surface area contributed by atoms with Gasteiger partial charge in [0, 0.05) is 12.0 Å². The predicted molar refractivity (Wildman–Crippen MR) is 60.0 cm³/mol. The van der Waals surface area contributed by atoms with Gasteiger partial charge in [-0.1, -0.05) is 20.3 Å². The summed E-state index contributed by atoms with van der Waals surface area (Å²) in [4.78, 5) is 11.9. The molecule has 1 aromatic heterocycles. The van der Waals surface area contributed by atoms with E-state index in [1.54, 1.807) is 0 Å². The zero-order valence-corrected chi connectivity index (χ0v) is 9.71. The SMILES string of the molecule is CCCCC(=O)c1cc(C)nnc1CC. The number of Topliss-reactive ketones (excluding diaryl/α,β-unsaturated/α-hetero) is 1. The summed E-state index contributed by atoms with van der Waals surface area (Å²) in [5, 5.41) is 8.03. The number of rotatable bonds is 5. The quantitative estimate of drug-likeness (QED) is 0.696. The first-order chi connectivity index (χ1) is 7.19. The molecule has 1 rings (SSSR count). The largest absolute Gasteiger partial charge is 0.294 e. The molecule has 0 aliphatic carbocycles. The van der Waals surface area contributed by atoms with Gasteiger partial charge in [-0.05, 0) is 25.8 Å². The van der Waals surface area contributed by atoms with Crippen LogP contribution in [0.25, 0.3) is 0 Å². The predicted octanol–water partition coefficient (Wildman–Crippen LogP) is 2.72. The zero-order chi connectivity index (χ0) is 11.3. The number of unbranched alkanes of at least 4 members (excludes halogenated alkanes) is 1. The fourth-order valence-electron chi connectivity index (χ4n) is 1.49. The summed E-state index contributed by atoms with van der Waals surface area (Å²) in [6.45, 7) is 5.95. The molecule has 1 aromatic rings. The highest BCUT2D eigenvalue weighted by atomic mass is 16.1. The summed E-state index contributed by atoms with van der Waals surface area (Å²) in [7, 11) is 0. The third-order valence-electron chi connectivity index (χ3n) is 2.39. The van der Waals surface area contributed by atoms with Crippen molar-refractivity contribution in [3.63, 3.8) is 0 Å². The molecule has 0 radical (unpaired) electrons. The van der Waals surface area contributed by atoms with Gasteiger partial charge in [-0.3, -0.25) is 4.79 Å². The van der Waals surface area contributed by atoms with Gasteiger partial charge in [-0.15, -0.1) is 0 Å². The highest BCUT2D eigenvalue weighted by molar-refractivity contribution is 5.97. The minimum atomic E-state index is 0.201. The van der Waals surface area contributed by atoms with Crippen LogP contribution in [0.4, 0.5) is 0 Å². The second-order valence-electron chi connectivity index (χ2n) is 3.73. The minimum absolute atomic E-state index is 0.201. The first-order valence-electron chi connectivity index (χ1n) is 5.55. The van der Waals surface area contributed by atoms with E-state index < -0.39 is 0 Å². The summed E-state index contributed by atoms with van der Waals surface area (Å²) in [6.07, 6.45) is 3.38. The average Bonchev–Trinajstić information content (AvgIpc) is 2.25. The highest BCUT2D eigenvalue weighted by Gasteiger charge is 2.11. The maximum Gasteiger partial charge on any atom is 0.164 e. The molecule has 0 aliphatic rings. The second kappa shape index (κ2) is 5.59. The Bertz CT molecular complexity index is 347. The summed E-state index contributed by atoms with van der Waals surface area (Å²) in [5.41, 5.74) is 2.40. The maximum absolute atomic E-state index is 11.9. The molecule has 15 heavy (non-hydrogen) atoms. The number of hydrogen-bond acceptors (Lipinski definition) is 3. The van der Waals surface area contributed by atoms with Gasteiger partial charge in [0.15, 0.2) is 5.78 Å². The van der Waals surface area contributed by atoms with E-state index in [0.717, 1.165) is 36.2 Å². The van der Waals surface area contributed by atoms with Gasteiger partial charge in [0.2, 0.25) is 0 Å². The minimum Gasteiger partial charge on any atom is -0.294 e. The van der Waals surface area contributed by atoms with E-state index in [4.69, 9.17) is 0 Å². The molecule has 0 N–H and O–H groups in total. The lowest BCUT2D eigenvalue weighted by Crippen LogP contribution is -2.07. The number of carbonyl (C=O) groups is 1. The van der Waals surface area contributed by atoms with E-state index in [2.05, 4.69) is 17.1 Å². The zero-order valence-electron chi connectivity index (χ0n) is 9.71. The highest BCUT2D eigenvalue weighted by Crippen LogP contribution is 2.12. The second-order valence-corrected chi connectivity index (χ2v) is 3.73. The van der Waals surface area contributed by atoms with Crippen molar-refractivity contribution in [2.75, 3.05) is 0 Å². The lowest BCUT2D eigenvalue weighted by atomic mass is 10.0. The molecule has 0 saturated heterocycles. The summed E-state index contributed by atoms with van der Waals surface area (Å²) < 4.78 is 0. The van der Waals surface area contributed by atoms with E-state index in [1.165, 1.54) is 0 Å². The van der Waals surface area contributed by atoms with Gasteiger partial charge in [-0.2, -0.15) is 10.2 Å². The standard InChI is InChI=1S/C12H18N2O/c1-4-6-7-12(15)10-8-9(3)13-14-11(10)5-2/h8H,4-7H2,1-3H3. The van der Waals surface area contributed by atoms with Crippen molar-refractivity contribution in [3.8, 4) is 0 Å². The Morgan fingerprint density at radius 1 is 1.33 bits per heavy atom. The van der Waals surface area contributed by atoms with Crippen molar-refractivity contribution in [1.29, 1.82) is 0 Å². The molecule has 0 bridgehead atoms. The van der Waals surface area contributed by atoms with Gasteiger partial charge in [0.05, 0.1) is 11.4 Å². The van der Waals surface area contributed by atoms with Gasteiger partial charge in [-0.25, -0.2) is 0 Å².